The minimum Gasteiger partial charge on any atom is -0.390 e. The molecule has 0 saturated heterocycles. The summed E-state index contributed by atoms with van der Waals surface area (Å²) >= 11 is 0. The highest BCUT2D eigenvalue weighted by Crippen LogP contribution is 2.36. The smallest absolute Gasteiger partial charge is 0.390 e. The molecular weight excluding hydrogens is 617 g/mol. The summed E-state index contributed by atoms with van der Waals surface area (Å²) in [7, 11) is -2.12. The van der Waals surface area contributed by atoms with Crippen molar-refractivity contribution >= 4 is 32.5 Å². The van der Waals surface area contributed by atoms with Crippen LogP contribution in [0.25, 0.3) is 10.9 Å². The second-order valence-corrected chi connectivity index (χ2v) is 14.4. The fourth-order valence-corrected chi connectivity index (χ4v) is 7.05. The SMILES string of the molecule is CCc1cn2c3c(cc(C(=O)N[C@@H](Cc4ccccc4)[C@H](O)CNC(C)(C)c4cccc(C(F)(F)F)c4)cc13)N(C)S(=O)(=O)CC2. The van der Waals surface area contributed by atoms with Crippen molar-refractivity contribution in [3.05, 3.63) is 101 Å². The zero-order valence-corrected chi connectivity index (χ0v) is 27.0. The van der Waals surface area contributed by atoms with Crippen LogP contribution in [0.15, 0.2) is 72.9 Å². The van der Waals surface area contributed by atoms with Crippen LogP contribution in [-0.4, -0.2) is 55.5 Å². The number of carbonyl (C=O) groups is 1. The van der Waals surface area contributed by atoms with Gasteiger partial charge in [-0.2, -0.15) is 13.2 Å². The third-order valence-electron chi connectivity index (χ3n) is 8.77. The minimum absolute atomic E-state index is 0.0326. The van der Waals surface area contributed by atoms with Gasteiger partial charge >= 0.3 is 6.18 Å². The molecule has 1 aliphatic rings. The van der Waals surface area contributed by atoms with Gasteiger partial charge in [0.15, 0.2) is 0 Å². The summed E-state index contributed by atoms with van der Waals surface area (Å²) in [6.45, 7) is 5.72. The van der Waals surface area contributed by atoms with Crippen LogP contribution in [0.4, 0.5) is 18.9 Å². The van der Waals surface area contributed by atoms with E-state index in [9.17, 15) is 31.5 Å². The predicted molar refractivity (Wildman–Crippen MR) is 173 cm³/mol. The van der Waals surface area contributed by atoms with Gasteiger partial charge in [0.05, 0.1) is 34.7 Å². The van der Waals surface area contributed by atoms with E-state index in [1.807, 2.05) is 48.0 Å². The van der Waals surface area contributed by atoms with Gasteiger partial charge in [-0.05, 0) is 67.6 Å². The van der Waals surface area contributed by atoms with Crippen molar-refractivity contribution in [2.75, 3.05) is 23.7 Å². The first-order valence-electron chi connectivity index (χ1n) is 15.2. The first-order valence-corrected chi connectivity index (χ1v) is 16.8. The van der Waals surface area contributed by atoms with Crippen molar-refractivity contribution < 1.29 is 31.5 Å². The molecule has 2 atom stereocenters. The molecule has 0 fully saturated rings. The number of carbonyl (C=O) groups excluding carboxylic acids is 1. The number of nitrogens with zero attached hydrogens (tertiary/aromatic N) is 2. The van der Waals surface area contributed by atoms with Crippen molar-refractivity contribution in [2.24, 2.45) is 0 Å². The average molecular weight is 657 g/mol. The Morgan fingerprint density at radius 2 is 1.72 bits per heavy atom. The Kier molecular flexibility index (Phi) is 9.27. The monoisotopic (exact) mass is 656 g/mol. The van der Waals surface area contributed by atoms with E-state index in [4.69, 9.17) is 0 Å². The van der Waals surface area contributed by atoms with Gasteiger partial charge in [0, 0.05) is 42.8 Å². The van der Waals surface area contributed by atoms with Crippen molar-refractivity contribution in [1.29, 1.82) is 0 Å². The van der Waals surface area contributed by atoms with E-state index in [0.717, 1.165) is 34.2 Å². The number of amides is 1. The Bertz CT molecular complexity index is 1840. The molecule has 1 aromatic heterocycles. The van der Waals surface area contributed by atoms with E-state index >= 15 is 0 Å². The van der Waals surface area contributed by atoms with Crippen molar-refractivity contribution in [1.82, 2.24) is 15.2 Å². The molecule has 0 bridgehead atoms. The topological polar surface area (TPSA) is 104 Å². The number of benzene rings is 3. The van der Waals surface area contributed by atoms with E-state index in [-0.39, 0.29) is 24.3 Å². The maximum absolute atomic E-state index is 13.9. The number of nitrogens with one attached hydrogen (secondary N) is 2. The van der Waals surface area contributed by atoms with Gasteiger partial charge < -0.3 is 20.3 Å². The fourth-order valence-electron chi connectivity index (χ4n) is 5.91. The summed E-state index contributed by atoms with van der Waals surface area (Å²) in [5.41, 5.74) is 1.96. The molecule has 46 heavy (non-hydrogen) atoms. The Morgan fingerprint density at radius 1 is 1.02 bits per heavy atom. The van der Waals surface area contributed by atoms with Gasteiger partial charge in [0.25, 0.3) is 5.91 Å². The van der Waals surface area contributed by atoms with Gasteiger partial charge in [-0.25, -0.2) is 8.42 Å². The number of sulfonamides is 1. The van der Waals surface area contributed by atoms with Crippen molar-refractivity contribution in [2.45, 2.75) is 64.0 Å². The van der Waals surface area contributed by atoms with Gasteiger partial charge in [0.1, 0.15) is 0 Å². The Hall–Kier alpha value is -3.87. The van der Waals surface area contributed by atoms with Gasteiger partial charge in [0.2, 0.25) is 10.0 Å². The number of aryl methyl sites for hydroxylation is 2. The summed E-state index contributed by atoms with van der Waals surface area (Å²) < 4.78 is 69.2. The van der Waals surface area contributed by atoms with Gasteiger partial charge in [-0.3, -0.25) is 9.10 Å². The summed E-state index contributed by atoms with van der Waals surface area (Å²) in [6.07, 6.45) is -2.72. The Morgan fingerprint density at radius 3 is 2.39 bits per heavy atom. The lowest BCUT2D eigenvalue weighted by atomic mass is 9.92. The summed E-state index contributed by atoms with van der Waals surface area (Å²) in [5, 5.41) is 18.4. The lowest BCUT2D eigenvalue weighted by Gasteiger charge is -2.31. The second-order valence-electron chi connectivity index (χ2n) is 12.3. The molecule has 2 heterocycles. The number of aliphatic hydroxyl groups is 1. The summed E-state index contributed by atoms with van der Waals surface area (Å²) in [5.74, 6) is -0.554. The maximum atomic E-state index is 13.9. The van der Waals surface area contributed by atoms with Crippen LogP contribution in [0.5, 0.6) is 0 Å². The van der Waals surface area contributed by atoms with E-state index in [1.165, 1.54) is 17.4 Å². The molecular formula is C34H39F3N4O4S. The van der Waals surface area contributed by atoms with Crippen molar-refractivity contribution in [3.63, 3.8) is 0 Å². The largest absolute Gasteiger partial charge is 0.416 e. The third-order valence-corrected chi connectivity index (χ3v) is 10.5. The molecule has 3 aromatic carbocycles. The van der Waals surface area contributed by atoms with Gasteiger partial charge in [-0.1, -0.05) is 49.4 Å². The number of hydrogen-bond acceptors (Lipinski definition) is 5. The number of hydrogen-bond donors (Lipinski definition) is 3. The molecule has 5 rings (SSSR count). The molecule has 12 heteroatoms. The second kappa shape index (κ2) is 12.7. The zero-order chi connectivity index (χ0) is 33.4. The van der Waals surface area contributed by atoms with E-state index in [2.05, 4.69) is 10.6 Å². The van der Waals surface area contributed by atoms with E-state index in [1.54, 1.807) is 32.0 Å². The highest BCUT2D eigenvalue weighted by atomic mass is 32.2. The predicted octanol–water partition coefficient (Wildman–Crippen LogP) is 5.23. The molecule has 0 radical (unpaired) electrons. The normalized spacial score (nSPS) is 16.2. The highest BCUT2D eigenvalue weighted by Gasteiger charge is 2.33. The molecule has 0 spiro atoms. The standard InChI is InChI=1S/C34H39F3N4O4S/c1-5-23-21-41-14-15-46(44,45)40(4)29-18-24(17-27(23)31(29)41)32(43)39-28(16-22-10-7-6-8-11-22)30(42)20-38-33(2,3)25-12-9-13-26(19-25)34(35,36)37/h6-13,17-19,21,28,30,38,42H,5,14-16,20H2,1-4H3,(H,39,43)/t28-,30+/m0/s1. The molecule has 1 aliphatic heterocycles. The Labute approximate surface area is 267 Å². The fraction of sp³-hybridized carbons (Fsp3) is 0.382. The number of alkyl halides is 3. The number of anilines is 1. The lowest BCUT2D eigenvalue weighted by Crippen LogP contribution is -2.51. The first kappa shape index (κ1) is 33.5. The molecule has 8 nitrogen and oxygen atoms in total. The maximum Gasteiger partial charge on any atom is 0.416 e. The number of aromatic nitrogens is 1. The zero-order valence-electron chi connectivity index (χ0n) is 26.2. The first-order chi connectivity index (χ1) is 21.6. The quantitative estimate of drug-likeness (QED) is 0.217. The molecule has 246 valence electrons. The average Bonchev–Trinajstić information content (AvgIpc) is 3.35. The molecule has 3 N–H and O–H groups in total. The molecule has 0 aliphatic carbocycles. The number of halogens is 3. The minimum atomic E-state index is -4.49. The molecule has 0 saturated carbocycles. The number of aliphatic hydroxyl groups excluding tert-OH is 1. The van der Waals surface area contributed by atoms with Crippen LogP contribution in [0.1, 0.15) is 53.4 Å². The third kappa shape index (κ3) is 6.93. The lowest BCUT2D eigenvalue weighted by molar-refractivity contribution is -0.137. The van der Waals surface area contributed by atoms with E-state index in [0.29, 0.717) is 24.2 Å². The van der Waals surface area contributed by atoms with Crippen LogP contribution < -0.4 is 14.9 Å². The summed E-state index contributed by atoms with van der Waals surface area (Å²) in [4.78, 5) is 13.9. The summed E-state index contributed by atoms with van der Waals surface area (Å²) in [6, 6.07) is 16.9. The van der Waals surface area contributed by atoms with E-state index < -0.39 is 45.4 Å². The highest BCUT2D eigenvalue weighted by molar-refractivity contribution is 7.92. The van der Waals surface area contributed by atoms with Crippen LogP contribution in [0.2, 0.25) is 0 Å². The molecule has 4 aromatic rings. The number of rotatable bonds is 10. The van der Waals surface area contributed by atoms with Crippen LogP contribution in [0, 0.1) is 0 Å². The molecule has 1 amide bonds. The van der Waals surface area contributed by atoms with Crippen LogP contribution >= 0.6 is 0 Å². The van der Waals surface area contributed by atoms with Crippen molar-refractivity contribution in [3.8, 4) is 0 Å². The van der Waals surface area contributed by atoms with Crippen LogP contribution in [-0.2, 0) is 41.1 Å². The Balaban J connectivity index is 1.43. The van der Waals surface area contributed by atoms with Crippen LogP contribution in [0.3, 0.4) is 0 Å². The molecule has 0 unspecified atom stereocenters. The van der Waals surface area contributed by atoms with Gasteiger partial charge in [-0.15, -0.1) is 0 Å².